The van der Waals surface area contributed by atoms with E-state index in [1.165, 1.54) is 53.0 Å². The van der Waals surface area contributed by atoms with Crippen molar-refractivity contribution in [3.63, 3.8) is 0 Å². The molecule has 1 aliphatic heterocycles. The fraction of sp³-hybridized carbons (Fsp3) is 0.263. The number of aromatic nitrogens is 4. The van der Waals surface area contributed by atoms with Crippen LogP contribution in [0.1, 0.15) is 18.7 Å². The third kappa shape index (κ3) is 3.52. The number of nitrogens with zero attached hydrogens (tertiary/aromatic N) is 4. The molecular formula is C19H17FN5OS2+. The minimum Gasteiger partial charge on any atom is -0.410 e. The highest BCUT2D eigenvalue weighted by atomic mass is 32.2. The van der Waals surface area contributed by atoms with E-state index >= 15 is 0 Å². The lowest BCUT2D eigenvalue weighted by molar-refractivity contribution is -0.902. The van der Waals surface area contributed by atoms with Gasteiger partial charge in [0.15, 0.2) is 6.54 Å². The van der Waals surface area contributed by atoms with E-state index in [1.807, 2.05) is 5.38 Å². The molecule has 0 spiro atoms. The lowest BCUT2D eigenvalue weighted by atomic mass is 10.1. The van der Waals surface area contributed by atoms with Gasteiger partial charge < -0.3 is 9.32 Å². The Morgan fingerprint density at radius 1 is 1.11 bits per heavy atom. The number of thiophene rings is 1. The first-order valence-corrected chi connectivity index (χ1v) is 10.8. The zero-order valence-electron chi connectivity index (χ0n) is 14.9. The lowest BCUT2D eigenvalue weighted by Gasteiger charge is -2.07. The van der Waals surface area contributed by atoms with Gasteiger partial charge in [-0.3, -0.25) is 0 Å². The standard InChI is InChI=1S/C19H16FN5OS2/c20-13-5-3-12(4-6-13)14-10-27-17-16(14)18(22-11-21-17)28-19-24-23-15(26-19)9-25-7-1-2-8-25/h3-6,10-11H,1-2,7-9H2/p+1. The van der Waals surface area contributed by atoms with Crippen molar-refractivity contribution in [2.45, 2.75) is 29.6 Å². The van der Waals surface area contributed by atoms with Gasteiger partial charge in [-0.25, -0.2) is 14.4 Å². The van der Waals surface area contributed by atoms with E-state index in [1.54, 1.807) is 18.5 Å². The maximum Gasteiger partial charge on any atom is 0.283 e. The zero-order chi connectivity index (χ0) is 18.9. The predicted molar refractivity (Wildman–Crippen MR) is 105 cm³/mol. The summed E-state index contributed by atoms with van der Waals surface area (Å²) in [5.74, 6) is 0.404. The van der Waals surface area contributed by atoms with Crippen LogP contribution in [0.3, 0.4) is 0 Å². The largest absolute Gasteiger partial charge is 0.410 e. The molecule has 0 aliphatic carbocycles. The second kappa shape index (κ2) is 7.57. The van der Waals surface area contributed by atoms with Crippen molar-refractivity contribution in [3.05, 3.63) is 47.7 Å². The van der Waals surface area contributed by atoms with Crippen molar-refractivity contribution in [3.8, 4) is 11.1 Å². The summed E-state index contributed by atoms with van der Waals surface area (Å²) in [7, 11) is 0. The van der Waals surface area contributed by atoms with Crippen LogP contribution in [-0.2, 0) is 6.54 Å². The molecule has 1 N–H and O–H groups in total. The van der Waals surface area contributed by atoms with Crippen LogP contribution >= 0.6 is 23.1 Å². The Morgan fingerprint density at radius 2 is 1.93 bits per heavy atom. The molecular weight excluding hydrogens is 397 g/mol. The van der Waals surface area contributed by atoms with Gasteiger partial charge in [-0.2, -0.15) is 0 Å². The van der Waals surface area contributed by atoms with E-state index in [2.05, 4.69) is 20.2 Å². The van der Waals surface area contributed by atoms with Gasteiger partial charge in [0.05, 0.1) is 18.5 Å². The predicted octanol–water partition coefficient (Wildman–Crippen LogP) is 3.21. The summed E-state index contributed by atoms with van der Waals surface area (Å²) in [6, 6.07) is 6.45. The van der Waals surface area contributed by atoms with E-state index in [0.29, 0.717) is 11.1 Å². The van der Waals surface area contributed by atoms with E-state index < -0.39 is 0 Å². The highest BCUT2D eigenvalue weighted by Crippen LogP contribution is 2.39. The molecule has 1 fully saturated rings. The maximum absolute atomic E-state index is 13.3. The molecule has 0 unspecified atom stereocenters. The van der Waals surface area contributed by atoms with E-state index in [0.717, 1.165) is 46.0 Å². The first kappa shape index (κ1) is 17.7. The highest BCUT2D eigenvalue weighted by molar-refractivity contribution is 7.99. The summed E-state index contributed by atoms with van der Waals surface area (Å²) in [5, 5.41) is 12.6. The Morgan fingerprint density at radius 3 is 2.75 bits per heavy atom. The summed E-state index contributed by atoms with van der Waals surface area (Å²) in [5.41, 5.74) is 1.90. The number of benzene rings is 1. The van der Waals surface area contributed by atoms with Crippen molar-refractivity contribution in [2.75, 3.05) is 13.1 Å². The SMILES string of the molecule is Fc1ccc(-c2csc3ncnc(Sc4nnc(C[NH+]5CCCC5)o4)c23)cc1. The molecule has 142 valence electrons. The van der Waals surface area contributed by atoms with Crippen LogP contribution in [0.25, 0.3) is 21.3 Å². The number of halogens is 1. The summed E-state index contributed by atoms with van der Waals surface area (Å²) < 4.78 is 19.2. The summed E-state index contributed by atoms with van der Waals surface area (Å²) in [6.07, 6.45) is 4.06. The van der Waals surface area contributed by atoms with E-state index in [9.17, 15) is 4.39 Å². The summed E-state index contributed by atoms with van der Waals surface area (Å²) >= 11 is 2.88. The fourth-order valence-electron chi connectivity index (χ4n) is 3.47. The van der Waals surface area contributed by atoms with Crippen LogP contribution in [0.5, 0.6) is 0 Å². The highest BCUT2D eigenvalue weighted by Gasteiger charge is 2.21. The van der Waals surface area contributed by atoms with Crippen LogP contribution in [0.4, 0.5) is 4.39 Å². The molecule has 1 saturated heterocycles. The van der Waals surface area contributed by atoms with Crippen molar-refractivity contribution in [1.29, 1.82) is 0 Å². The molecule has 28 heavy (non-hydrogen) atoms. The first-order valence-electron chi connectivity index (χ1n) is 9.08. The minimum absolute atomic E-state index is 0.257. The van der Waals surface area contributed by atoms with Crippen LogP contribution < -0.4 is 4.90 Å². The minimum atomic E-state index is -0.257. The van der Waals surface area contributed by atoms with E-state index in [-0.39, 0.29) is 5.82 Å². The van der Waals surface area contributed by atoms with Crippen LogP contribution in [0.15, 0.2) is 50.6 Å². The molecule has 4 aromatic rings. The number of nitrogens with one attached hydrogen (secondary N) is 1. The lowest BCUT2D eigenvalue weighted by Crippen LogP contribution is -3.08. The fourth-order valence-corrected chi connectivity index (χ4v) is 5.24. The monoisotopic (exact) mass is 414 g/mol. The molecule has 1 aliphatic rings. The van der Waals surface area contributed by atoms with Crippen molar-refractivity contribution < 1.29 is 13.7 Å². The molecule has 0 atom stereocenters. The second-order valence-electron chi connectivity index (χ2n) is 6.71. The molecule has 0 radical (unpaired) electrons. The number of hydrogen-bond acceptors (Lipinski definition) is 7. The third-order valence-corrected chi connectivity index (χ3v) is 6.56. The second-order valence-corrected chi connectivity index (χ2v) is 8.51. The number of rotatable bonds is 5. The molecule has 5 rings (SSSR count). The number of likely N-dealkylation sites (tertiary alicyclic amines) is 1. The zero-order valence-corrected chi connectivity index (χ0v) is 16.5. The van der Waals surface area contributed by atoms with Gasteiger partial charge in [-0.15, -0.1) is 21.5 Å². The third-order valence-electron chi connectivity index (χ3n) is 4.83. The molecule has 0 bridgehead atoms. The van der Waals surface area contributed by atoms with Crippen molar-refractivity contribution >= 4 is 33.3 Å². The maximum atomic E-state index is 13.3. The molecule has 0 amide bonds. The van der Waals surface area contributed by atoms with Gasteiger partial charge in [-0.1, -0.05) is 12.1 Å². The Labute approximate surface area is 168 Å². The van der Waals surface area contributed by atoms with Crippen molar-refractivity contribution in [2.24, 2.45) is 0 Å². The molecule has 1 aromatic carbocycles. The van der Waals surface area contributed by atoms with Crippen molar-refractivity contribution in [1.82, 2.24) is 20.2 Å². The first-order chi connectivity index (χ1) is 13.8. The average Bonchev–Trinajstić information content (AvgIpc) is 3.45. The smallest absolute Gasteiger partial charge is 0.283 e. The van der Waals surface area contributed by atoms with Gasteiger partial charge >= 0.3 is 0 Å². The van der Waals surface area contributed by atoms with Gasteiger partial charge in [0.1, 0.15) is 22.0 Å². The Hall–Kier alpha value is -2.36. The Bertz CT molecular complexity index is 1110. The Kier molecular flexibility index (Phi) is 4.79. The molecule has 9 heteroatoms. The van der Waals surface area contributed by atoms with Crippen LogP contribution in [0.2, 0.25) is 0 Å². The molecule has 6 nitrogen and oxygen atoms in total. The molecule has 3 aromatic heterocycles. The number of quaternary nitrogens is 1. The van der Waals surface area contributed by atoms with Gasteiger partial charge in [0.25, 0.3) is 11.1 Å². The topological polar surface area (TPSA) is 69.1 Å². The number of fused-ring (bicyclic) bond motifs is 1. The summed E-state index contributed by atoms with van der Waals surface area (Å²) in [6.45, 7) is 3.09. The summed E-state index contributed by atoms with van der Waals surface area (Å²) in [4.78, 5) is 11.2. The van der Waals surface area contributed by atoms with Crippen LogP contribution in [0, 0.1) is 5.82 Å². The Balaban J connectivity index is 1.45. The normalized spacial score (nSPS) is 14.9. The van der Waals surface area contributed by atoms with Gasteiger partial charge in [0, 0.05) is 23.8 Å². The van der Waals surface area contributed by atoms with E-state index in [4.69, 9.17) is 4.42 Å². The van der Waals surface area contributed by atoms with Gasteiger partial charge in [-0.05, 0) is 29.5 Å². The van der Waals surface area contributed by atoms with Gasteiger partial charge in [0.2, 0.25) is 0 Å². The molecule has 4 heterocycles. The van der Waals surface area contributed by atoms with Crippen LogP contribution in [-0.4, -0.2) is 33.3 Å². The number of hydrogen-bond donors (Lipinski definition) is 1. The molecule has 0 saturated carbocycles. The average molecular weight is 415 g/mol. The quantitative estimate of drug-likeness (QED) is 0.506.